The molecule has 158 valence electrons. The number of carboxylic acids is 1. The highest BCUT2D eigenvalue weighted by Crippen LogP contribution is 2.05. The summed E-state index contributed by atoms with van der Waals surface area (Å²) < 4.78 is 0. The van der Waals surface area contributed by atoms with E-state index >= 15 is 0 Å². The predicted octanol–water partition coefficient (Wildman–Crippen LogP) is 0.661. The van der Waals surface area contributed by atoms with E-state index in [9.17, 15) is 24.3 Å². The molecule has 3 amide bonds. The van der Waals surface area contributed by atoms with Crippen LogP contribution in [0.15, 0.2) is 60.7 Å². The lowest BCUT2D eigenvalue weighted by molar-refractivity contribution is -0.142. The summed E-state index contributed by atoms with van der Waals surface area (Å²) in [5.74, 6) is -2.34. The Hall–Kier alpha value is -3.68. The molecule has 0 unspecified atom stereocenters. The van der Waals surface area contributed by atoms with Gasteiger partial charge in [-0.1, -0.05) is 60.7 Å². The van der Waals surface area contributed by atoms with Crippen LogP contribution in [0.4, 0.5) is 0 Å². The number of carboxylic acid groups (broad SMARTS) is 1. The van der Waals surface area contributed by atoms with Gasteiger partial charge in [-0.2, -0.15) is 0 Å². The fourth-order valence-electron chi connectivity index (χ4n) is 2.89. The molecule has 0 aromatic heterocycles. The number of hydrogen-bond donors (Lipinski definition) is 4. The van der Waals surface area contributed by atoms with Crippen LogP contribution in [0.5, 0.6) is 0 Å². The van der Waals surface area contributed by atoms with Gasteiger partial charge in [0.1, 0.15) is 18.1 Å². The van der Waals surface area contributed by atoms with E-state index in [0.717, 1.165) is 11.1 Å². The van der Waals surface area contributed by atoms with E-state index in [-0.39, 0.29) is 12.8 Å². The minimum absolute atomic E-state index is 0.117. The zero-order valence-electron chi connectivity index (χ0n) is 16.6. The van der Waals surface area contributed by atoms with Gasteiger partial charge >= 0.3 is 5.97 Å². The molecule has 30 heavy (non-hydrogen) atoms. The van der Waals surface area contributed by atoms with E-state index in [2.05, 4.69) is 16.0 Å². The standard InChI is InChI=1S/C22H25N3O5/c1-15(20(27)25-19(22(29)30)13-17-10-6-3-7-11-17)24-21(28)18(23-14-26)12-16-8-4-2-5-9-16/h2-11,14-15,18-19H,12-13H2,1H3,(H,23,26)(H,24,28)(H,25,27)(H,29,30)/t15-,18+,19+/m1/s1. The quantitative estimate of drug-likeness (QED) is 0.404. The lowest BCUT2D eigenvalue weighted by Gasteiger charge is -2.21. The van der Waals surface area contributed by atoms with E-state index in [1.165, 1.54) is 6.92 Å². The van der Waals surface area contributed by atoms with Crippen molar-refractivity contribution >= 4 is 24.2 Å². The van der Waals surface area contributed by atoms with Crippen LogP contribution in [-0.2, 0) is 32.0 Å². The second-order valence-electron chi connectivity index (χ2n) is 6.85. The van der Waals surface area contributed by atoms with Crippen molar-refractivity contribution in [1.29, 1.82) is 0 Å². The fraction of sp³-hybridized carbons (Fsp3) is 0.273. The van der Waals surface area contributed by atoms with Crippen molar-refractivity contribution in [2.45, 2.75) is 37.9 Å². The molecule has 0 radical (unpaired) electrons. The van der Waals surface area contributed by atoms with Crippen LogP contribution in [0, 0.1) is 0 Å². The first-order chi connectivity index (χ1) is 14.4. The Morgan fingerprint density at radius 1 is 0.833 bits per heavy atom. The summed E-state index contributed by atoms with van der Waals surface area (Å²) in [6.45, 7) is 1.45. The number of rotatable bonds is 11. The third-order valence-electron chi connectivity index (χ3n) is 4.52. The smallest absolute Gasteiger partial charge is 0.326 e. The Morgan fingerprint density at radius 2 is 1.33 bits per heavy atom. The summed E-state index contributed by atoms with van der Waals surface area (Å²) in [6, 6.07) is 15.1. The van der Waals surface area contributed by atoms with Crippen molar-refractivity contribution in [3.8, 4) is 0 Å². The van der Waals surface area contributed by atoms with Gasteiger partial charge < -0.3 is 21.1 Å². The molecule has 0 fully saturated rings. The van der Waals surface area contributed by atoms with E-state index < -0.39 is 35.9 Å². The molecule has 3 atom stereocenters. The number of aliphatic carboxylic acids is 1. The monoisotopic (exact) mass is 411 g/mol. The SMILES string of the molecule is C[C@@H](NC(=O)[C@H](Cc1ccccc1)NC=O)C(=O)N[C@@H](Cc1ccccc1)C(=O)O. The van der Waals surface area contributed by atoms with Gasteiger partial charge in [-0.25, -0.2) is 4.79 Å². The highest BCUT2D eigenvalue weighted by molar-refractivity contribution is 5.92. The summed E-state index contributed by atoms with van der Waals surface area (Å²) in [5.41, 5.74) is 1.61. The van der Waals surface area contributed by atoms with E-state index in [1.54, 1.807) is 24.3 Å². The van der Waals surface area contributed by atoms with Gasteiger partial charge in [0.25, 0.3) is 0 Å². The molecule has 2 rings (SSSR count). The second kappa shape index (κ2) is 11.4. The van der Waals surface area contributed by atoms with Crippen molar-refractivity contribution in [2.24, 2.45) is 0 Å². The zero-order valence-corrected chi connectivity index (χ0v) is 16.6. The number of benzene rings is 2. The first-order valence-corrected chi connectivity index (χ1v) is 9.51. The Balaban J connectivity index is 1.96. The van der Waals surface area contributed by atoms with Crippen molar-refractivity contribution in [3.05, 3.63) is 71.8 Å². The van der Waals surface area contributed by atoms with Crippen LogP contribution >= 0.6 is 0 Å². The van der Waals surface area contributed by atoms with Gasteiger partial charge in [0.2, 0.25) is 18.2 Å². The van der Waals surface area contributed by atoms with Crippen LogP contribution in [0.3, 0.4) is 0 Å². The van der Waals surface area contributed by atoms with Gasteiger partial charge in [0.05, 0.1) is 0 Å². The van der Waals surface area contributed by atoms with Gasteiger partial charge in [0, 0.05) is 12.8 Å². The average molecular weight is 411 g/mol. The molecule has 0 bridgehead atoms. The van der Waals surface area contributed by atoms with Crippen LogP contribution in [0.1, 0.15) is 18.1 Å². The van der Waals surface area contributed by atoms with Gasteiger partial charge in [-0.05, 0) is 18.1 Å². The maximum absolute atomic E-state index is 12.5. The third-order valence-corrected chi connectivity index (χ3v) is 4.52. The fourth-order valence-corrected chi connectivity index (χ4v) is 2.89. The van der Waals surface area contributed by atoms with E-state index in [4.69, 9.17) is 0 Å². The van der Waals surface area contributed by atoms with E-state index in [0.29, 0.717) is 6.41 Å². The Morgan fingerprint density at radius 3 is 1.80 bits per heavy atom. The summed E-state index contributed by atoms with van der Waals surface area (Å²) >= 11 is 0. The minimum atomic E-state index is -1.17. The minimum Gasteiger partial charge on any atom is -0.480 e. The topological polar surface area (TPSA) is 125 Å². The van der Waals surface area contributed by atoms with Gasteiger partial charge in [0.15, 0.2) is 0 Å². The molecular formula is C22H25N3O5. The lowest BCUT2D eigenvalue weighted by Crippen LogP contribution is -2.54. The van der Waals surface area contributed by atoms with Crippen molar-refractivity contribution in [3.63, 3.8) is 0 Å². The highest BCUT2D eigenvalue weighted by Gasteiger charge is 2.26. The average Bonchev–Trinajstić information content (AvgIpc) is 2.74. The summed E-state index contributed by atoms with van der Waals surface area (Å²) in [4.78, 5) is 47.4. The largest absolute Gasteiger partial charge is 0.480 e. The lowest BCUT2D eigenvalue weighted by atomic mass is 10.0. The molecule has 0 saturated heterocycles. The van der Waals surface area contributed by atoms with Gasteiger partial charge in [-0.3, -0.25) is 14.4 Å². The van der Waals surface area contributed by atoms with Crippen molar-refractivity contribution in [1.82, 2.24) is 16.0 Å². The zero-order chi connectivity index (χ0) is 21.9. The van der Waals surface area contributed by atoms with Crippen molar-refractivity contribution in [2.75, 3.05) is 0 Å². The second-order valence-corrected chi connectivity index (χ2v) is 6.85. The number of hydrogen-bond acceptors (Lipinski definition) is 4. The summed E-state index contributed by atoms with van der Waals surface area (Å²) in [5, 5.41) is 16.8. The molecule has 0 spiro atoms. The number of carbonyl (C=O) groups excluding carboxylic acids is 3. The summed E-state index contributed by atoms with van der Waals surface area (Å²) in [6.07, 6.45) is 0.801. The molecular weight excluding hydrogens is 386 g/mol. The van der Waals surface area contributed by atoms with E-state index in [1.807, 2.05) is 36.4 Å². The normalized spacial score (nSPS) is 13.4. The van der Waals surface area contributed by atoms with Crippen LogP contribution in [0.25, 0.3) is 0 Å². The first kappa shape index (κ1) is 22.6. The molecule has 0 saturated carbocycles. The van der Waals surface area contributed by atoms with Crippen LogP contribution in [-0.4, -0.2) is 47.4 Å². The maximum atomic E-state index is 12.5. The van der Waals surface area contributed by atoms with Crippen molar-refractivity contribution < 1.29 is 24.3 Å². The maximum Gasteiger partial charge on any atom is 0.326 e. The molecule has 0 aliphatic rings. The predicted molar refractivity (Wildman–Crippen MR) is 110 cm³/mol. The first-order valence-electron chi connectivity index (χ1n) is 9.51. The molecule has 2 aromatic carbocycles. The number of amides is 3. The van der Waals surface area contributed by atoms with Gasteiger partial charge in [-0.15, -0.1) is 0 Å². The molecule has 0 aliphatic carbocycles. The Bertz CT molecular complexity index is 858. The molecule has 8 heteroatoms. The Labute approximate surface area is 174 Å². The third kappa shape index (κ3) is 7.05. The molecule has 2 aromatic rings. The molecule has 0 aliphatic heterocycles. The van der Waals surface area contributed by atoms with Crippen LogP contribution < -0.4 is 16.0 Å². The van der Waals surface area contributed by atoms with Crippen LogP contribution in [0.2, 0.25) is 0 Å². The number of carbonyl (C=O) groups is 4. The molecule has 0 heterocycles. The summed E-state index contributed by atoms with van der Waals surface area (Å²) in [7, 11) is 0. The molecule has 4 N–H and O–H groups in total. The highest BCUT2D eigenvalue weighted by atomic mass is 16.4. The molecule has 8 nitrogen and oxygen atoms in total. The Kier molecular flexibility index (Phi) is 8.56. The number of nitrogens with one attached hydrogen (secondary N) is 3.